The van der Waals surface area contributed by atoms with Gasteiger partial charge in [0, 0.05) is 6.54 Å². The molecule has 0 saturated carbocycles. The van der Waals surface area contributed by atoms with Crippen molar-refractivity contribution in [3.05, 3.63) is 66.0 Å². The van der Waals surface area contributed by atoms with Crippen LogP contribution in [0.4, 0.5) is 4.39 Å². The fourth-order valence-corrected chi connectivity index (χ4v) is 1.86. The summed E-state index contributed by atoms with van der Waals surface area (Å²) < 4.78 is 18.3. The number of carbonyl (C=O) groups excluding carboxylic acids is 1. The normalized spacial score (nSPS) is 10.1. The van der Waals surface area contributed by atoms with Gasteiger partial charge in [-0.15, -0.1) is 0 Å². The number of ether oxygens (including phenoxy) is 1. The highest BCUT2D eigenvalue weighted by Crippen LogP contribution is 2.08. The fraction of sp³-hybridized carbons (Fsp3) is 0.235. The SMILES string of the molecule is O=C(Cc1ccc(F)cc1)NCCCOc1ccccc1. The van der Waals surface area contributed by atoms with Gasteiger partial charge in [0.05, 0.1) is 13.0 Å². The molecule has 1 amide bonds. The van der Waals surface area contributed by atoms with E-state index in [0.717, 1.165) is 17.7 Å². The summed E-state index contributed by atoms with van der Waals surface area (Å²) in [4.78, 5) is 11.7. The second-order valence-electron chi connectivity index (χ2n) is 4.67. The highest BCUT2D eigenvalue weighted by molar-refractivity contribution is 5.78. The Labute approximate surface area is 123 Å². The van der Waals surface area contributed by atoms with Crippen LogP contribution in [0.1, 0.15) is 12.0 Å². The van der Waals surface area contributed by atoms with Crippen molar-refractivity contribution in [1.82, 2.24) is 5.32 Å². The van der Waals surface area contributed by atoms with Gasteiger partial charge in [0.2, 0.25) is 5.91 Å². The number of halogens is 1. The summed E-state index contributed by atoms with van der Waals surface area (Å²) in [6.07, 6.45) is 1.00. The highest BCUT2D eigenvalue weighted by atomic mass is 19.1. The minimum absolute atomic E-state index is 0.0682. The molecule has 0 aliphatic carbocycles. The van der Waals surface area contributed by atoms with Gasteiger partial charge in [0.25, 0.3) is 0 Å². The predicted molar refractivity (Wildman–Crippen MR) is 79.7 cm³/mol. The summed E-state index contributed by atoms with van der Waals surface area (Å²) in [5.74, 6) is 0.466. The Morgan fingerprint density at radius 1 is 1.05 bits per heavy atom. The molecule has 0 saturated heterocycles. The number of hydrogen-bond donors (Lipinski definition) is 1. The Balaban J connectivity index is 1.60. The molecule has 0 atom stereocenters. The Morgan fingerprint density at radius 2 is 1.76 bits per heavy atom. The number of benzene rings is 2. The maximum atomic E-state index is 12.7. The van der Waals surface area contributed by atoms with Crippen molar-refractivity contribution in [2.24, 2.45) is 0 Å². The molecular formula is C17H18FNO2. The third kappa shape index (κ3) is 5.65. The monoisotopic (exact) mass is 287 g/mol. The van der Waals surface area contributed by atoms with Crippen LogP contribution in [-0.2, 0) is 11.2 Å². The molecule has 0 fully saturated rings. The van der Waals surface area contributed by atoms with Gasteiger partial charge < -0.3 is 10.1 Å². The maximum Gasteiger partial charge on any atom is 0.224 e. The van der Waals surface area contributed by atoms with Crippen LogP contribution >= 0.6 is 0 Å². The van der Waals surface area contributed by atoms with Crippen molar-refractivity contribution in [3.63, 3.8) is 0 Å². The molecule has 110 valence electrons. The number of nitrogens with one attached hydrogen (secondary N) is 1. The fourth-order valence-electron chi connectivity index (χ4n) is 1.86. The number of carbonyl (C=O) groups is 1. The number of hydrogen-bond acceptors (Lipinski definition) is 2. The lowest BCUT2D eigenvalue weighted by Crippen LogP contribution is -2.27. The predicted octanol–water partition coefficient (Wildman–Crippen LogP) is 2.95. The molecule has 0 radical (unpaired) electrons. The molecule has 2 aromatic rings. The molecule has 0 heterocycles. The zero-order chi connectivity index (χ0) is 14.9. The minimum atomic E-state index is -0.294. The van der Waals surface area contributed by atoms with Crippen molar-refractivity contribution in [3.8, 4) is 5.75 Å². The average molecular weight is 287 g/mol. The molecular weight excluding hydrogens is 269 g/mol. The van der Waals surface area contributed by atoms with E-state index >= 15 is 0 Å². The van der Waals surface area contributed by atoms with Crippen LogP contribution in [0, 0.1) is 5.82 Å². The van der Waals surface area contributed by atoms with E-state index in [-0.39, 0.29) is 18.1 Å². The molecule has 0 unspecified atom stereocenters. The van der Waals surface area contributed by atoms with E-state index < -0.39 is 0 Å². The third-order valence-electron chi connectivity index (χ3n) is 2.93. The minimum Gasteiger partial charge on any atom is -0.494 e. The summed E-state index contributed by atoms with van der Waals surface area (Å²) in [5.41, 5.74) is 0.800. The highest BCUT2D eigenvalue weighted by Gasteiger charge is 2.03. The molecule has 0 aliphatic heterocycles. The third-order valence-corrected chi connectivity index (χ3v) is 2.93. The lowest BCUT2D eigenvalue weighted by molar-refractivity contribution is -0.120. The molecule has 3 nitrogen and oxygen atoms in total. The van der Waals surface area contributed by atoms with Crippen LogP contribution in [0.5, 0.6) is 5.75 Å². The Bertz CT molecular complexity index is 555. The van der Waals surface area contributed by atoms with Crippen molar-refractivity contribution in [2.75, 3.05) is 13.2 Å². The van der Waals surface area contributed by atoms with Gasteiger partial charge in [-0.1, -0.05) is 30.3 Å². The first kappa shape index (κ1) is 15.0. The second kappa shape index (κ2) is 8.04. The zero-order valence-corrected chi connectivity index (χ0v) is 11.7. The van der Waals surface area contributed by atoms with Crippen LogP contribution in [0.3, 0.4) is 0 Å². The van der Waals surface area contributed by atoms with Gasteiger partial charge >= 0.3 is 0 Å². The van der Waals surface area contributed by atoms with E-state index in [2.05, 4.69) is 5.32 Å². The van der Waals surface area contributed by atoms with Crippen LogP contribution < -0.4 is 10.1 Å². The largest absolute Gasteiger partial charge is 0.494 e. The standard InChI is InChI=1S/C17H18FNO2/c18-15-9-7-14(8-10-15)13-17(20)19-11-4-12-21-16-5-2-1-3-6-16/h1-3,5-10H,4,11-13H2,(H,19,20). The van der Waals surface area contributed by atoms with Crippen molar-refractivity contribution >= 4 is 5.91 Å². The molecule has 1 N–H and O–H groups in total. The maximum absolute atomic E-state index is 12.7. The van der Waals surface area contributed by atoms with Crippen molar-refractivity contribution in [1.29, 1.82) is 0 Å². The van der Waals surface area contributed by atoms with Crippen LogP contribution in [0.25, 0.3) is 0 Å². The van der Waals surface area contributed by atoms with Crippen molar-refractivity contribution in [2.45, 2.75) is 12.8 Å². The smallest absolute Gasteiger partial charge is 0.224 e. The van der Waals surface area contributed by atoms with E-state index in [0.29, 0.717) is 13.2 Å². The first-order valence-corrected chi connectivity index (χ1v) is 6.93. The second-order valence-corrected chi connectivity index (χ2v) is 4.67. The summed E-state index contributed by atoms with van der Waals surface area (Å²) in [7, 11) is 0. The molecule has 0 aromatic heterocycles. The quantitative estimate of drug-likeness (QED) is 0.795. The van der Waals surface area contributed by atoms with Crippen molar-refractivity contribution < 1.29 is 13.9 Å². The van der Waals surface area contributed by atoms with Gasteiger partial charge in [-0.05, 0) is 36.2 Å². The number of para-hydroxylation sites is 1. The number of amides is 1. The van der Waals surface area contributed by atoms with Gasteiger partial charge in [0.15, 0.2) is 0 Å². The zero-order valence-electron chi connectivity index (χ0n) is 11.7. The van der Waals surface area contributed by atoms with E-state index in [4.69, 9.17) is 4.74 Å². The van der Waals surface area contributed by atoms with Crippen LogP contribution in [-0.4, -0.2) is 19.1 Å². The lowest BCUT2D eigenvalue weighted by atomic mass is 10.1. The van der Waals surface area contributed by atoms with Crippen LogP contribution in [0.2, 0.25) is 0 Å². The summed E-state index contributed by atoms with van der Waals surface area (Å²) in [6.45, 7) is 1.12. The van der Waals surface area contributed by atoms with Gasteiger partial charge in [0.1, 0.15) is 11.6 Å². The van der Waals surface area contributed by atoms with Gasteiger partial charge in [-0.2, -0.15) is 0 Å². The van der Waals surface area contributed by atoms with E-state index in [1.165, 1.54) is 12.1 Å². The van der Waals surface area contributed by atoms with Gasteiger partial charge in [-0.3, -0.25) is 4.79 Å². The molecule has 0 bridgehead atoms. The Hall–Kier alpha value is -2.36. The summed E-state index contributed by atoms with van der Waals surface area (Å²) >= 11 is 0. The average Bonchev–Trinajstić information content (AvgIpc) is 2.50. The molecule has 2 rings (SSSR count). The topological polar surface area (TPSA) is 38.3 Å². The van der Waals surface area contributed by atoms with Gasteiger partial charge in [-0.25, -0.2) is 4.39 Å². The number of rotatable bonds is 7. The van der Waals surface area contributed by atoms with E-state index in [1.807, 2.05) is 30.3 Å². The molecule has 2 aromatic carbocycles. The van der Waals surface area contributed by atoms with E-state index in [1.54, 1.807) is 12.1 Å². The summed E-state index contributed by atoms with van der Waals surface area (Å²) in [5, 5.41) is 2.82. The lowest BCUT2D eigenvalue weighted by Gasteiger charge is -2.07. The Morgan fingerprint density at radius 3 is 2.48 bits per heavy atom. The molecule has 4 heteroatoms. The summed E-state index contributed by atoms with van der Waals surface area (Å²) in [6, 6.07) is 15.5. The molecule has 0 spiro atoms. The first-order valence-electron chi connectivity index (χ1n) is 6.93. The molecule has 0 aliphatic rings. The molecule has 21 heavy (non-hydrogen) atoms. The van der Waals surface area contributed by atoms with Crippen LogP contribution in [0.15, 0.2) is 54.6 Å². The first-order chi connectivity index (χ1) is 10.2. The Kier molecular flexibility index (Phi) is 5.76. The van der Waals surface area contributed by atoms with E-state index in [9.17, 15) is 9.18 Å².